The third-order valence-corrected chi connectivity index (χ3v) is 4.57. The molecule has 2 aromatic rings. The number of carboxylic acid groups (broad SMARTS) is 1. The van der Waals surface area contributed by atoms with Crippen molar-refractivity contribution in [3.63, 3.8) is 0 Å². The van der Waals surface area contributed by atoms with Gasteiger partial charge < -0.3 is 20.1 Å². The Morgan fingerprint density at radius 2 is 2.38 bits per heavy atom. The van der Waals surface area contributed by atoms with E-state index >= 15 is 0 Å². The van der Waals surface area contributed by atoms with Crippen molar-refractivity contribution in [1.82, 2.24) is 9.38 Å². The van der Waals surface area contributed by atoms with E-state index in [2.05, 4.69) is 4.98 Å². The van der Waals surface area contributed by atoms with Crippen LogP contribution in [0.2, 0.25) is 0 Å². The summed E-state index contributed by atoms with van der Waals surface area (Å²) in [5.74, 6) is -0.685. The standard InChI is InChI=1S/C12H14N4O4S/c1-7-2-3-14(8(6-7)11(17)18)9-10(16(19)20)15-4-5-21-12(15)13-9/h4-5,7-8H,2-3,6H2,1H3,(H,17,18). The zero-order valence-electron chi connectivity index (χ0n) is 11.3. The molecule has 2 aromatic heterocycles. The fourth-order valence-electron chi connectivity index (χ4n) is 2.75. The average Bonchev–Trinajstić information content (AvgIpc) is 2.97. The van der Waals surface area contributed by atoms with Crippen LogP contribution in [0, 0.1) is 16.0 Å². The molecule has 3 heterocycles. The summed E-state index contributed by atoms with van der Waals surface area (Å²) in [6.07, 6.45) is 2.85. The van der Waals surface area contributed by atoms with Gasteiger partial charge in [0.15, 0.2) is 0 Å². The van der Waals surface area contributed by atoms with E-state index in [4.69, 9.17) is 0 Å². The van der Waals surface area contributed by atoms with Crippen molar-refractivity contribution in [3.05, 3.63) is 21.7 Å². The molecule has 1 N–H and O–H groups in total. The zero-order chi connectivity index (χ0) is 15.1. The molecule has 21 heavy (non-hydrogen) atoms. The monoisotopic (exact) mass is 310 g/mol. The van der Waals surface area contributed by atoms with Crippen molar-refractivity contribution >= 4 is 33.9 Å². The maximum atomic E-state index is 11.5. The molecule has 1 saturated heterocycles. The van der Waals surface area contributed by atoms with E-state index in [-0.39, 0.29) is 17.6 Å². The first kappa shape index (κ1) is 13.8. The van der Waals surface area contributed by atoms with Crippen LogP contribution in [-0.4, -0.2) is 38.0 Å². The van der Waals surface area contributed by atoms with Crippen molar-refractivity contribution < 1.29 is 14.8 Å². The molecule has 8 nitrogen and oxygen atoms in total. The van der Waals surface area contributed by atoms with Crippen LogP contribution in [0.15, 0.2) is 11.6 Å². The number of aliphatic carboxylic acids is 1. The highest BCUT2D eigenvalue weighted by atomic mass is 32.1. The lowest BCUT2D eigenvalue weighted by Crippen LogP contribution is -2.47. The van der Waals surface area contributed by atoms with Crippen molar-refractivity contribution in [2.45, 2.75) is 25.8 Å². The first-order chi connectivity index (χ1) is 9.99. The van der Waals surface area contributed by atoms with Gasteiger partial charge in [-0.3, -0.25) is 0 Å². The molecule has 0 bridgehead atoms. The maximum Gasteiger partial charge on any atom is 0.373 e. The van der Waals surface area contributed by atoms with Gasteiger partial charge in [-0.25, -0.2) is 4.79 Å². The summed E-state index contributed by atoms with van der Waals surface area (Å²) in [4.78, 5) is 28.7. The Hall–Kier alpha value is -2.16. The predicted octanol–water partition coefficient (Wildman–Crippen LogP) is 1.99. The maximum absolute atomic E-state index is 11.5. The van der Waals surface area contributed by atoms with Crippen LogP contribution in [-0.2, 0) is 4.79 Å². The number of fused-ring (bicyclic) bond motifs is 1. The van der Waals surface area contributed by atoms with E-state index in [0.29, 0.717) is 17.9 Å². The van der Waals surface area contributed by atoms with Gasteiger partial charge >= 0.3 is 11.8 Å². The second-order valence-corrected chi connectivity index (χ2v) is 6.12. The molecular weight excluding hydrogens is 296 g/mol. The average molecular weight is 310 g/mol. The highest BCUT2D eigenvalue weighted by Crippen LogP contribution is 2.35. The summed E-state index contributed by atoms with van der Waals surface area (Å²) in [7, 11) is 0. The van der Waals surface area contributed by atoms with Crippen LogP contribution in [0.1, 0.15) is 19.8 Å². The zero-order valence-corrected chi connectivity index (χ0v) is 12.1. The number of aromatic nitrogens is 2. The largest absolute Gasteiger partial charge is 0.480 e. The third-order valence-electron chi connectivity index (χ3n) is 3.81. The number of piperidine rings is 1. The summed E-state index contributed by atoms with van der Waals surface area (Å²) in [5.41, 5.74) is 0. The molecule has 0 aromatic carbocycles. The number of imidazole rings is 1. The summed E-state index contributed by atoms with van der Waals surface area (Å²) < 4.78 is 1.40. The lowest BCUT2D eigenvalue weighted by molar-refractivity contribution is -0.389. The van der Waals surface area contributed by atoms with Crippen molar-refractivity contribution in [2.24, 2.45) is 5.92 Å². The van der Waals surface area contributed by atoms with E-state index < -0.39 is 16.9 Å². The summed E-state index contributed by atoms with van der Waals surface area (Å²) >= 11 is 1.29. The Kier molecular flexibility index (Phi) is 3.28. The highest BCUT2D eigenvalue weighted by Gasteiger charge is 2.38. The quantitative estimate of drug-likeness (QED) is 0.687. The van der Waals surface area contributed by atoms with Crippen molar-refractivity contribution in [1.29, 1.82) is 0 Å². The minimum absolute atomic E-state index is 0.158. The smallest absolute Gasteiger partial charge is 0.373 e. The minimum atomic E-state index is -0.966. The molecule has 1 aliphatic rings. The molecule has 0 saturated carbocycles. The van der Waals surface area contributed by atoms with Crippen LogP contribution in [0.5, 0.6) is 0 Å². The van der Waals surface area contributed by atoms with Gasteiger partial charge in [-0.15, -0.1) is 0 Å². The lowest BCUT2D eigenvalue weighted by atomic mass is 9.92. The summed E-state index contributed by atoms with van der Waals surface area (Å²) in [6.45, 7) is 2.46. The number of nitrogens with zero attached hydrogens (tertiary/aromatic N) is 4. The fraction of sp³-hybridized carbons (Fsp3) is 0.500. The molecule has 2 unspecified atom stereocenters. The highest BCUT2D eigenvalue weighted by molar-refractivity contribution is 7.15. The number of carboxylic acids is 1. The Bertz CT molecular complexity index is 709. The second-order valence-electron chi connectivity index (χ2n) is 5.25. The number of nitro groups is 1. The Morgan fingerprint density at radius 1 is 1.62 bits per heavy atom. The van der Waals surface area contributed by atoms with Gasteiger partial charge in [0.25, 0.3) is 4.96 Å². The molecule has 112 valence electrons. The number of hydrogen-bond acceptors (Lipinski definition) is 6. The Morgan fingerprint density at radius 3 is 3.05 bits per heavy atom. The molecular formula is C12H14N4O4S. The number of anilines is 1. The van der Waals surface area contributed by atoms with E-state index in [1.807, 2.05) is 6.92 Å². The first-order valence-corrected chi connectivity index (χ1v) is 7.46. The summed E-state index contributed by atoms with van der Waals surface area (Å²) in [6, 6.07) is -0.767. The molecule has 0 aliphatic carbocycles. The normalized spacial score (nSPS) is 22.6. The topological polar surface area (TPSA) is 101 Å². The van der Waals surface area contributed by atoms with Crippen LogP contribution in [0.4, 0.5) is 11.6 Å². The van der Waals surface area contributed by atoms with E-state index in [0.717, 1.165) is 6.42 Å². The second kappa shape index (κ2) is 4.99. The van der Waals surface area contributed by atoms with Crippen LogP contribution in [0.25, 0.3) is 4.96 Å². The molecule has 3 rings (SSSR count). The van der Waals surface area contributed by atoms with E-state index in [1.54, 1.807) is 16.5 Å². The van der Waals surface area contributed by atoms with Gasteiger partial charge in [-0.1, -0.05) is 18.3 Å². The van der Waals surface area contributed by atoms with Gasteiger partial charge in [-0.2, -0.15) is 9.38 Å². The molecule has 1 aliphatic heterocycles. The van der Waals surface area contributed by atoms with E-state index in [9.17, 15) is 20.0 Å². The van der Waals surface area contributed by atoms with Gasteiger partial charge in [0.1, 0.15) is 12.2 Å². The number of carbonyl (C=O) groups is 1. The van der Waals surface area contributed by atoms with Crippen molar-refractivity contribution in [3.8, 4) is 0 Å². The molecule has 2 atom stereocenters. The lowest BCUT2D eigenvalue weighted by Gasteiger charge is -2.35. The number of thiazole rings is 1. The van der Waals surface area contributed by atoms with Crippen LogP contribution >= 0.6 is 11.3 Å². The molecule has 0 spiro atoms. The van der Waals surface area contributed by atoms with Crippen LogP contribution < -0.4 is 4.90 Å². The molecule has 0 radical (unpaired) electrons. The summed E-state index contributed by atoms with van der Waals surface area (Å²) in [5, 5.41) is 22.5. The first-order valence-electron chi connectivity index (χ1n) is 6.58. The number of rotatable bonds is 3. The van der Waals surface area contributed by atoms with Gasteiger partial charge in [0.05, 0.1) is 0 Å². The van der Waals surface area contributed by atoms with Gasteiger partial charge in [-0.05, 0) is 23.7 Å². The van der Waals surface area contributed by atoms with Crippen LogP contribution in [0.3, 0.4) is 0 Å². The number of hydrogen-bond donors (Lipinski definition) is 1. The molecule has 1 fully saturated rings. The Labute approximate surface area is 123 Å². The van der Waals surface area contributed by atoms with Gasteiger partial charge in [0, 0.05) is 11.9 Å². The fourth-order valence-corrected chi connectivity index (χ4v) is 3.46. The van der Waals surface area contributed by atoms with Crippen molar-refractivity contribution in [2.75, 3.05) is 11.4 Å². The van der Waals surface area contributed by atoms with E-state index in [1.165, 1.54) is 15.7 Å². The third kappa shape index (κ3) is 2.23. The molecule has 0 amide bonds. The van der Waals surface area contributed by atoms with Gasteiger partial charge in [0.2, 0.25) is 5.82 Å². The SMILES string of the molecule is CC1CCN(c2nc3sccn3c2[N+](=O)[O-])C(C(=O)O)C1. The minimum Gasteiger partial charge on any atom is -0.480 e. The Balaban J connectivity index is 2.09. The predicted molar refractivity (Wildman–Crippen MR) is 76.9 cm³/mol. The molecule has 9 heteroatoms.